The van der Waals surface area contributed by atoms with Gasteiger partial charge in [-0.1, -0.05) is 115 Å². The van der Waals surface area contributed by atoms with Crippen LogP contribution in [0.2, 0.25) is 0 Å². The molecule has 0 spiro atoms. The Balaban J connectivity index is 1.76. The first-order valence-electron chi connectivity index (χ1n) is 10.5. The minimum absolute atomic E-state index is 0.670. The zero-order valence-corrected chi connectivity index (χ0v) is 17.5. The maximum atomic E-state index is 4.28. The smallest absolute Gasteiger partial charge is 0.162 e. The molecule has 0 aliphatic heterocycles. The lowest BCUT2D eigenvalue weighted by atomic mass is 9.85. The molecule has 0 atom stereocenters. The van der Waals surface area contributed by atoms with Crippen LogP contribution in [0.5, 0.6) is 0 Å². The zero-order valence-electron chi connectivity index (χ0n) is 17.5. The third-order valence-electron chi connectivity index (χ3n) is 5.36. The van der Waals surface area contributed by atoms with Crippen molar-refractivity contribution in [3.63, 3.8) is 0 Å². The fourth-order valence-electron chi connectivity index (χ4n) is 3.90. The summed E-state index contributed by atoms with van der Waals surface area (Å²) in [5, 5.41) is 0. The highest BCUT2D eigenvalue weighted by molar-refractivity contribution is 6.04. The monoisotopic (exact) mass is 411 g/mol. The third-order valence-corrected chi connectivity index (χ3v) is 5.36. The second-order valence-electron chi connectivity index (χ2n) is 7.39. The molecule has 0 unspecified atom stereocenters. The molecule has 1 aromatic heterocycles. The van der Waals surface area contributed by atoms with E-state index < -0.39 is 0 Å². The Kier molecular flexibility index (Phi) is 5.62. The molecule has 5 rings (SSSR count). The third kappa shape index (κ3) is 4.09. The van der Waals surface area contributed by atoms with Crippen LogP contribution >= 0.6 is 0 Å². The Morgan fingerprint density at radius 3 is 1.19 bits per heavy atom. The average Bonchev–Trinajstić information content (AvgIpc) is 2.89. The Bertz CT molecular complexity index is 1270. The van der Waals surface area contributed by atoms with Crippen molar-refractivity contribution >= 4 is 11.1 Å². The molecule has 152 valence electrons. The number of rotatable bonds is 5. The van der Waals surface area contributed by atoms with Gasteiger partial charge in [-0.15, -0.1) is 0 Å². The SMILES string of the molecule is c1ccc(C(=C(c2ccccc2)c2ccc(-c3ncncn3)cc2)c2ccccc2)cc1. The van der Waals surface area contributed by atoms with Crippen LogP contribution < -0.4 is 0 Å². The Labute approximate surface area is 187 Å². The van der Waals surface area contributed by atoms with Gasteiger partial charge in [0.05, 0.1) is 0 Å². The normalized spacial score (nSPS) is 10.5. The molecule has 0 N–H and O–H groups in total. The predicted molar refractivity (Wildman–Crippen MR) is 130 cm³/mol. The quantitative estimate of drug-likeness (QED) is 0.308. The van der Waals surface area contributed by atoms with E-state index in [9.17, 15) is 0 Å². The Morgan fingerprint density at radius 1 is 0.406 bits per heavy atom. The van der Waals surface area contributed by atoms with E-state index in [-0.39, 0.29) is 0 Å². The van der Waals surface area contributed by atoms with E-state index >= 15 is 0 Å². The predicted octanol–water partition coefficient (Wildman–Crippen LogP) is 6.55. The molecule has 0 aliphatic carbocycles. The van der Waals surface area contributed by atoms with E-state index in [0.29, 0.717) is 5.82 Å². The van der Waals surface area contributed by atoms with Crippen molar-refractivity contribution < 1.29 is 0 Å². The summed E-state index contributed by atoms with van der Waals surface area (Å²) < 4.78 is 0. The summed E-state index contributed by atoms with van der Waals surface area (Å²) in [7, 11) is 0. The molecular weight excluding hydrogens is 390 g/mol. The lowest BCUT2D eigenvalue weighted by molar-refractivity contribution is 1.06. The molecule has 32 heavy (non-hydrogen) atoms. The molecule has 0 aliphatic rings. The molecule has 5 aromatic rings. The summed E-state index contributed by atoms with van der Waals surface area (Å²) in [4.78, 5) is 12.5. The van der Waals surface area contributed by atoms with Crippen LogP contribution in [0.15, 0.2) is 128 Å². The van der Waals surface area contributed by atoms with E-state index in [2.05, 4.69) is 130 Å². The Hall–Kier alpha value is -4.37. The molecule has 3 heteroatoms. The van der Waals surface area contributed by atoms with E-state index in [1.807, 2.05) is 0 Å². The minimum Gasteiger partial charge on any atom is -0.225 e. The van der Waals surface area contributed by atoms with Crippen LogP contribution in [0, 0.1) is 0 Å². The second kappa shape index (κ2) is 9.19. The highest BCUT2D eigenvalue weighted by Gasteiger charge is 2.16. The van der Waals surface area contributed by atoms with Gasteiger partial charge in [-0.3, -0.25) is 0 Å². The number of benzene rings is 4. The van der Waals surface area contributed by atoms with Crippen molar-refractivity contribution in [2.45, 2.75) is 0 Å². The molecule has 0 saturated carbocycles. The van der Waals surface area contributed by atoms with Crippen LogP contribution in [0.4, 0.5) is 0 Å². The zero-order chi connectivity index (χ0) is 21.6. The van der Waals surface area contributed by atoms with Crippen molar-refractivity contribution in [2.24, 2.45) is 0 Å². The summed E-state index contributed by atoms with van der Waals surface area (Å²) in [5.41, 5.74) is 8.01. The van der Waals surface area contributed by atoms with Crippen molar-refractivity contribution in [2.75, 3.05) is 0 Å². The maximum absolute atomic E-state index is 4.28. The van der Waals surface area contributed by atoms with Gasteiger partial charge in [0.2, 0.25) is 0 Å². The topological polar surface area (TPSA) is 38.7 Å². The van der Waals surface area contributed by atoms with Gasteiger partial charge in [0.15, 0.2) is 5.82 Å². The van der Waals surface area contributed by atoms with Crippen molar-refractivity contribution in [3.8, 4) is 11.4 Å². The first-order chi connectivity index (χ1) is 15.9. The van der Waals surface area contributed by atoms with Crippen LogP contribution in [0.1, 0.15) is 22.3 Å². The number of nitrogens with zero attached hydrogens (tertiary/aromatic N) is 3. The van der Waals surface area contributed by atoms with Gasteiger partial charge in [-0.2, -0.15) is 0 Å². The summed E-state index contributed by atoms with van der Waals surface area (Å²) in [6.07, 6.45) is 3.04. The lowest BCUT2D eigenvalue weighted by Gasteiger charge is -2.18. The highest BCUT2D eigenvalue weighted by atomic mass is 15.0. The number of hydrogen-bond donors (Lipinski definition) is 0. The summed E-state index contributed by atoms with van der Waals surface area (Å²) in [5.74, 6) is 0.670. The first kappa shape index (κ1) is 19.6. The fraction of sp³-hybridized carbons (Fsp3) is 0. The van der Waals surface area contributed by atoms with Gasteiger partial charge < -0.3 is 0 Å². The fourth-order valence-corrected chi connectivity index (χ4v) is 3.90. The number of hydrogen-bond acceptors (Lipinski definition) is 3. The standard InChI is InChI=1S/C29H21N3/c1-4-10-22(11-5-1)27(23-12-6-2-7-13-23)28(24-14-8-3-9-15-24)25-16-18-26(19-17-25)29-31-20-30-21-32-29/h1-21H. The van der Waals surface area contributed by atoms with Crippen LogP contribution in [-0.4, -0.2) is 15.0 Å². The second-order valence-corrected chi connectivity index (χ2v) is 7.39. The van der Waals surface area contributed by atoms with Crippen molar-refractivity contribution in [3.05, 3.63) is 150 Å². The van der Waals surface area contributed by atoms with Crippen LogP contribution in [0.25, 0.3) is 22.5 Å². The molecule has 4 aromatic carbocycles. The van der Waals surface area contributed by atoms with Gasteiger partial charge in [0.25, 0.3) is 0 Å². The van der Waals surface area contributed by atoms with Gasteiger partial charge in [0.1, 0.15) is 12.7 Å². The van der Waals surface area contributed by atoms with E-state index in [4.69, 9.17) is 0 Å². The van der Waals surface area contributed by atoms with E-state index in [0.717, 1.165) is 11.1 Å². The highest BCUT2D eigenvalue weighted by Crippen LogP contribution is 2.37. The minimum atomic E-state index is 0.670. The molecule has 1 heterocycles. The summed E-state index contributed by atoms with van der Waals surface area (Å²) in [6.45, 7) is 0. The molecule has 0 saturated heterocycles. The van der Waals surface area contributed by atoms with Gasteiger partial charge in [-0.05, 0) is 33.4 Å². The van der Waals surface area contributed by atoms with Gasteiger partial charge in [0, 0.05) is 5.56 Å². The van der Waals surface area contributed by atoms with Crippen molar-refractivity contribution in [1.29, 1.82) is 0 Å². The molecule has 0 radical (unpaired) electrons. The van der Waals surface area contributed by atoms with Gasteiger partial charge >= 0.3 is 0 Å². The van der Waals surface area contributed by atoms with Gasteiger partial charge in [-0.25, -0.2) is 15.0 Å². The first-order valence-corrected chi connectivity index (χ1v) is 10.5. The molecule has 0 fully saturated rings. The molecule has 3 nitrogen and oxygen atoms in total. The molecule has 0 bridgehead atoms. The van der Waals surface area contributed by atoms with Crippen LogP contribution in [-0.2, 0) is 0 Å². The van der Waals surface area contributed by atoms with Crippen molar-refractivity contribution in [1.82, 2.24) is 15.0 Å². The molecule has 0 amide bonds. The lowest BCUT2D eigenvalue weighted by Crippen LogP contribution is -1.97. The van der Waals surface area contributed by atoms with E-state index in [1.165, 1.54) is 40.5 Å². The Morgan fingerprint density at radius 2 is 0.781 bits per heavy atom. The maximum Gasteiger partial charge on any atom is 0.162 e. The summed E-state index contributed by atoms with van der Waals surface area (Å²) >= 11 is 0. The molecular formula is C29H21N3. The average molecular weight is 412 g/mol. The largest absolute Gasteiger partial charge is 0.225 e. The number of aromatic nitrogens is 3. The van der Waals surface area contributed by atoms with E-state index in [1.54, 1.807) is 0 Å². The van der Waals surface area contributed by atoms with Crippen LogP contribution in [0.3, 0.4) is 0 Å². The summed E-state index contributed by atoms with van der Waals surface area (Å²) in [6, 6.07) is 40.1.